The van der Waals surface area contributed by atoms with Gasteiger partial charge in [-0.05, 0) is 24.6 Å². The fourth-order valence-corrected chi connectivity index (χ4v) is 3.04. The number of carbonyl (C=O) groups is 1. The highest BCUT2D eigenvalue weighted by Crippen LogP contribution is 2.23. The van der Waals surface area contributed by atoms with Crippen molar-refractivity contribution in [2.24, 2.45) is 0 Å². The lowest BCUT2D eigenvalue weighted by Gasteiger charge is -2.23. The van der Waals surface area contributed by atoms with Crippen LogP contribution in [0.25, 0.3) is 0 Å². The molecule has 10 heteroatoms. The van der Waals surface area contributed by atoms with E-state index in [9.17, 15) is 18.0 Å². The average molecular weight is 436 g/mol. The van der Waals surface area contributed by atoms with E-state index in [4.69, 9.17) is 9.47 Å². The summed E-state index contributed by atoms with van der Waals surface area (Å²) >= 11 is 0. The molecule has 1 amide bonds. The summed E-state index contributed by atoms with van der Waals surface area (Å²) in [7, 11) is 1.58. The summed E-state index contributed by atoms with van der Waals surface area (Å²) < 4.78 is 47.4. The molecule has 0 atom stereocenters. The normalized spacial score (nSPS) is 14.1. The van der Waals surface area contributed by atoms with Crippen LogP contribution < -0.4 is 14.4 Å². The van der Waals surface area contributed by atoms with Gasteiger partial charge in [-0.15, -0.1) is 12.8 Å². The number of nitrogens with zero attached hydrogens (tertiary/aromatic N) is 4. The molecule has 3 heterocycles. The first-order valence-corrected chi connectivity index (χ1v) is 9.39. The number of methoxy groups -OCH3 is 1. The van der Waals surface area contributed by atoms with Crippen molar-refractivity contribution in [3.05, 3.63) is 42.2 Å². The molecule has 31 heavy (non-hydrogen) atoms. The van der Waals surface area contributed by atoms with E-state index < -0.39 is 18.7 Å². The number of amides is 1. The zero-order chi connectivity index (χ0) is 22.9. The van der Waals surface area contributed by atoms with Crippen LogP contribution in [0.3, 0.4) is 0 Å². The van der Waals surface area contributed by atoms with Crippen LogP contribution in [0.2, 0.25) is 0 Å². The van der Waals surface area contributed by atoms with Crippen molar-refractivity contribution < 1.29 is 27.4 Å². The predicted molar refractivity (Wildman–Crippen MR) is 109 cm³/mol. The van der Waals surface area contributed by atoms with E-state index in [1.54, 1.807) is 24.3 Å². The quantitative estimate of drug-likeness (QED) is 0.672. The van der Waals surface area contributed by atoms with Crippen LogP contribution in [0.5, 0.6) is 11.6 Å². The number of alkyl halides is 3. The summed E-state index contributed by atoms with van der Waals surface area (Å²) in [5.74, 6) is 0.712. The van der Waals surface area contributed by atoms with Gasteiger partial charge in [0, 0.05) is 44.6 Å². The molecule has 0 radical (unpaired) electrons. The van der Waals surface area contributed by atoms with Gasteiger partial charge in [-0.3, -0.25) is 4.79 Å². The predicted octanol–water partition coefficient (Wildman–Crippen LogP) is 3.03. The zero-order valence-corrected chi connectivity index (χ0v) is 17.0. The number of anilines is 1. The molecule has 166 valence electrons. The maximum Gasteiger partial charge on any atom is 0.422 e. The Labute approximate surface area is 178 Å². The van der Waals surface area contributed by atoms with Crippen molar-refractivity contribution in [2.45, 2.75) is 12.6 Å². The molecule has 0 bridgehead atoms. The van der Waals surface area contributed by atoms with Gasteiger partial charge in [0.15, 0.2) is 6.61 Å². The number of ether oxygens (including phenoxy) is 2. The smallest absolute Gasteiger partial charge is 0.422 e. The second-order valence-corrected chi connectivity index (χ2v) is 6.45. The molecule has 7 nitrogen and oxygen atoms in total. The summed E-state index contributed by atoms with van der Waals surface area (Å²) in [6.45, 7) is 0.581. The fourth-order valence-electron chi connectivity index (χ4n) is 3.04. The van der Waals surface area contributed by atoms with Crippen LogP contribution in [0, 0.1) is 12.8 Å². The lowest BCUT2D eigenvalue weighted by atomic mass is 10.2. The molecular formula is C21H23F3N4O3. The van der Waals surface area contributed by atoms with Gasteiger partial charge in [0.1, 0.15) is 17.1 Å². The third kappa shape index (κ3) is 6.77. The van der Waals surface area contributed by atoms with Crippen LogP contribution >= 0.6 is 0 Å². The second-order valence-electron chi connectivity index (χ2n) is 6.45. The van der Waals surface area contributed by atoms with E-state index in [1.165, 1.54) is 18.3 Å². The number of carbonyl (C=O) groups excluding carboxylic acids is 1. The monoisotopic (exact) mass is 436 g/mol. The number of hydrogen-bond donors (Lipinski definition) is 0. The molecule has 1 aliphatic heterocycles. The zero-order valence-electron chi connectivity index (χ0n) is 17.0. The van der Waals surface area contributed by atoms with E-state index >= 15 is 0 Å². The summed E-state index contributed by atoms with van der Waals surface area (Å²) in [5.41, 5.74) is 0.0182. The molecule has 1 fully saturated rings. The van der Waals surface area contributed by atoms with Gasteiger partial charge in [0.25, 0.3) is 5.91 Å². The van der Waals surface area contributed by atoms with Gasteiger partial charge >= 0.3 is 6.18 Å². The van der Waals surface area contributed by atoms with Gasteiger partial charge in [0.2, 0.25) is 5.88 Å². The van der Waals surface area contributed by atoms with Crippen molar-refractivity contribution in [1.29, 1.82) is 0 Å². The van der Waals surface area contributed by atoms with Crippen LogP contribution in [0.1, 0.15) is 16.8 Å². The minimum atomic E-state index is -4.51. The highest BCUT2D eigenvalue weighted by atomic mass is 19.4. The first kappa shape index (κ1) is 23.8. The number of terminal acetylenes is 1. The standard InChI is InChI=1S/C19H21F3N4O3.C2H2/c1-28-14-5-7-23-16(12-14)25-8-3-9-26(11-10-25)18(27)15-4-2-6-24-17(15)29-13-19(20,21)22;1-2/h2,4-7,12H,3,8-11,13H2,1H3;1-2H. The largest absolute Gasteiger partial charge is 0.497 e. The maximum absolute atomic E-state index is 12.9. The lowest BCUT2D eigenvalue weighted by molar-refractivity contribution is -0.154. The summed E-state index contributed by atoms with van der Waals surface area (Å²) in [6.07, 6.45) is 7.12. The molecule has 0 aliphatic carbocycles. The maximum atomic E-state index is 12.9. The molecule has 0 N–H and O–H groups in total. The highest BCUT2D eigenvalue weighted by Gasteiger charge is 2.30. The van der Waals surface area contributed by atoms with E-state index in [1.807, 2.05) is 11.0 Å². The van der Waals surface area contributed by atoms with Gasteiger partial charge < -0.3 is 19.3 Å². The SMILES string of the molecule is C#C.COc1ccnc(N2CCCN(C(=O)c3cccnc3OCC(F)(F)F)CC2)c1. The molecule has 1 saturated heterocycles. The Morgan fingerprint density at radius 2 is 1.90 bits per heavy atom. The summed E-state index contributed by atoms with van der Waals surface area (Å²) in [5, 5.41) is 0. The topological polar surface area (TPSA) is 67.8 Å². The molecule has 0 saturated carbocycles. The van der Waals surface area contributed by atoms with Crippen molar-refractivity contribution >= 4 is 11.7 Å². The molecular weight excluding hydrogens is 413 g/mol. The molecule has 0 aromatic carbocycles. The van der Waals surface area contributed by atoms with Gasteiger partial charge in [0.05, 0.1) is 7.11 Å². The lowest BCUT2D eigenvalue weighted by Crippen LogP contribution is -2.35. The number of hydrogen-bond acceptors (Lipinski definition) is 6. The molecule has 0 unspecified atom stereocenters. The Morgan fingerprint density at radius 3 is 2.61 bits per heavy atom. The number of rotatable bonds is 5. The fraction of sp³-hybridized carbons (Fsp3) is 0.381. The average Bonchev–Trinajstić information content (AvgIpc) is 3.05. The van der Waals surface area contributed by atoms with E-state index in [0.717, 1.165) is 5.82 Å². The minimum absolute atomic E-state index is 0.0182. The Balaban J connectivity index is 0.00000166. The first-order chi connectivity index (χ1) is 14.9. The summed E-state index contributed by atoms with van der Waals surface area (Å²) in [6, 6.07) is 6.50. The first-order valence-electron chi connectivity index (χ1n) is 9.39. The summed E-state index contributed by atoms with van der Waals surface area (Å²) in [4.78, 5) is 24.7. The van der Waals surface area contributed by atoms with Crippen molar-refractivity contribution in [1.82, 2.24) is 14.9 Å². The van der Waals surface area contributed by atoms with E-state index in [2.05, 4.69) is 22.8 Å². The Hall–Kier alpha value is -3.48. The van der Waals surface area contributed by atoms with Crippen LogP contribution in [0.4, 0.5) is 19.0 Å². The Kier molecular flexibility index (Phi) is 8.49. The van der Waals surface area contributed by atoms with Gasteiger partial charge in [-0.2, -0.15) is 13.2 Å². The molecule has 3 rings (SSSR count). The minimum Gasteiger partial charge on any atom is -0.497 e. The molecule has 2 aromatic heterocycles. The Bertz CT molecular complexity index is 889. The van der Waals surface area contributed by atoms with E-state index in [-0.39, 0.29) is 11.4 Å². The van der Waals surface area contributed by atoms with E-state index in [0.29, 0.717) is 38.3 Å². The highest BCUT2D eigenvalue weighted by molar-refractivity contribution is 5.96. The third-order valence-corrected chi connectivity index (χ3v) is 4.43. The number of pyridine rings is 2. The Morgan fingerprint density at radius 1 is 1.13 bits per heavy atom. The molecule has 2 aromatic rings. The van der Waals surface area contributed by atoms with Gasteiger partial charge in [-0.1, -0.05) is 0 Å². The van der Waals surface area contributed by atoms with Crippen molar-refractivity contribution in [3.63, 3.8) is 0 Å². The molecule has 1 aliphatic rings. The van der Waals surface area contributed by atoms with Crippen LogP contribution in [0.15, 0.2) is 36.7 Å². The van der Waals surface area contributed by atoms with Gasteiger partial charge in [-0.25, -0.2) is 9.97 Å². The number of halogens is 3. The molecule has 0 spiro atoms. The second kappa shape index (κ2) is 11.1. The van der Waals surface area contributed by atoms with Crippen LogP contribution in [-0.4, -0.2) is 66.8 Å². The number of aromatic nitrogens is 2. The van der Waals surface area contributed by atoms with Crippen molar-refractivity contribution in [2.75, 3.05) is 44.8 Å². The van der Waals surface area contributed by atoms with Crippen molar-refractivity contribution in [3.8, 4) is 24.5 Å². The third-order valence-electron chi connectivity index (χ3n) is 4.43. The van der Waals surface area contributed by atoms with Crippen LogP contribution in [-0.2, 0) is 0 Å².